The maximum absolute atomic E-state index is 8.83. The molecule has 0 unspecified atom stereocenters. The molecule has 0 atom stereocenters. The SMILES string of the molecule is OCC(CO)Cc1ccccc1.OCC(CO)c1ccccc1. The molecule has 0 amide bonds. The second-order valence-corrected chi connectivity index (χ2v) is 5.39. The van der Waals surface area contributed by atoms with E-state index in [9.17, 15) is 0 Å². The lowest BCUT2D eigenvalue weighted by molar-refractivity contribution is 0.150. The summed E-state index contributed by atoms with van der Waals surface area (Å²) in [5.41, 5.74) is 2.14. The first-order valence-electron chi connectivity index (χ1n) is 7.77. The van der Waals surface area contributed by atoms with Crippen LogP contribution in [0.15, 0.2) is 60.7 Å². The van der Waals surface area contributed by atoms with Crippen LogP contribution in [0.5, 0.6) is 0 Å². The van der Waals surface area contributed by atoms with Crippen LogP contribution in [-0.2, 0) is 6.42 Å². The van der Waals surface area contributed by atoms with Gasteiger partial charge in [0.2, 0.25) is 0 Å². The molecule has 0 saturated heterocycles. The fourth-order valence-electron chi connectivity index (χ4n) is 2.13. The van der Waals surface area contributed by atoms with Crippen molar-refractivity contribution in [3.8, 4) is 0 Å². The Kier molecular flexibility index (Phi) is 9.91. The van der Waals surface area contributed by atoms with Gasteiger partial charge in [0.1, 0.15) is 0 Å². The first kappa shape index (κ1) is 19.3. The van der Waals surface area contributed by atoms with Crippen LogP contribution in [0, 0.1) is 5.92 Å². The van der Waals surface area contributed by atoms with E-state index in [-0.39, 0.29) is 38.3 Å². The Morgan fingerprint density at radius 1 is 0.609 bits per heavy atom. The molecule has 0 aliphatic carbocycles. The van der Waals surface area contributed by atoms with Crippen molar-refractivity contribution >= 4 is 0 Å². The zero-order valence-corrected chi connectivity index (χ0v) is 13.3. The van der Waals surface area contributed by atoms with Crippen molar-refractivity contribution < 1.29 is 20.4 Å². The molecule has 0 aliphatic heterocycles. The summed E-state index contributed by atoms with van der Waals surface area (Å²) in [5, 5.41) is 35.3. The molecule has 0 fully saturated rings. The van der Waals surface area contributed by atoms with Crippen molar-refractivity contribution in [2.75, 3.05) is 26.4 Å². The number of hydrogen-bond acceptors (Lipinski definition) is 4. The highest BCUT2D eigenvalue weighted by molar-refractivity contribution is 5.19. The summed E-state index contributed by atoms with van der Waals surface area (Å²) in [7, 11) is 0. The minimum atomic E-state index is -0.129. The summed E-state index contributed by atoms with van der Waals surface area (Å²) in [6.45, 7) is 0.0951. The fraction of sp³-hybridized carbons (Fsp3) is 0.368. The molecule has 2 rings (SSSR count). The lowest BCUT2D eigenvalue weighted by Crippen LogP contribution is -2.13. The largest absolute Gasteiger partial charge is 0.396 e. The minimum Gasteiger partial charge on any atom is -0.396 e. The summed E-state index contributed by atoms with van der Waals surface area (Å²) in [6, 6.07) is 19.4. The average molecular weight is 318 g/mol. The van der Waals surface area contributed by atoms with Gasteiger partial charge in [-0.15, -0.1) is 0 Å². The van der Waals surface area contributed by atoms with E-state index in [2.05, 4.69) is 0 Å². The number of hydrogen-bond donors (Lipinski definition) is 4. The van der Waals surface area contributed by atoms with Crippen LogP contribution in [0.1, 0.15) is 17.0 Å². The van der Waals surface area contributed by atoms with Gasteiger partial charge in [-0.05, 0) is 17.5 Å². The van der Waals surface area contributed by atoms with E-state index in [4.69, 9.17) is 20.4 Å². The van der Waals surface area contributed by atoms with Gasteiger partial charge in [0, 0.05) is 25.0 Å². The Bertz CT molecular complexity index is 493. The van der Waals surface area contributed by atoms with Crippen LogP contribution in [0.25, 0.3) is 0 Å². The number of rotatable bonds is 7. The van der Waals surface area contributed by atoms with Crippen molar-refractivity contribution in [1.82, 2.24) is 0 Å². The van der Waals surface area contributed by atoms with Gasteiger partial charge in [-0.1, -0.05) is 60.7 Å². The second kappa shape index (κ2) is 11.8. The third kappa shape index (κ3) is 7.39. The molecule has 0 aromatic heterocycles. The highest BCUT2D eigenvalue weighted by atomic mass is 16.3. The zero-order chi connectivity index (χ0) is 16.9. The van der Waals surface area contributed by atoms with Crippen molar-refractivity contribution in [3.63, 3.8) is 0 Å². The van der Waals surface area contributed by atoms with Crippen molar-refractivity contribution in [1.29, 1.82) is 0 Å². The van der Waals surface area contributed by atoms with Crippen LogP contribution in [0.2, 0.25) is 0 Å². The molecule has 0 heterocycles. The van der Waals surface area contributed by atoms with E-state index in [1.807, 2.05) is 60.7 Å². The van der Waals surface area contributed by atoms with Crippen molar-refractivity contribution in [2.45, 2.75) is 12.3 Å². The Balaban J connectivity index is 0.000000231. The predicted molar refractivity (Wildman–Crippen MR) is 91.2 cm³/mol. The molecule has 2 aromatic rings. The van der Waals surface area contributed by atoms with Crippen molar-refractivity contribution in [2.24, 2.45) is 5.92 Å². The quantitative estimate of drug-likeness (QED) is 0.625. The van der Waals surface area contributed by atoms with Gasteiger partial charge >= 0.3 is 0 Å². The van der Waals surface area contributed by atoms with Crippen molar-refractivity contribution in [3.05, 3.63) is 71.8 Å². The Morgan fingerprint density at radius 2 is 1.09 bits per heavy atom. The Labute approximate surface area is 137 Å². The second-order valence-electron chi connectivity index (χ2n) is 5.39. The lowest BCUT2D eigenvalue weighted by Gasteiger charge is -2.09. The van der Waals surface area contributed by atoms with Crippen LogP contribution in [0.4, 0.5) is 0 Å². The fourth-order valence-corrected chi connectivity index (χ4v) is 2.13. The summed E-state index contributed by atoms with van der Waals surface area (Å²) < 4.78 is 0. The van der Waals surface area contributed by atoms with Gasteiger partial charge in [0.25, 0.3) is 0 Å². The number of benzene rings is 2. The molecule has 0 spiro atoms. The average Bonchev–Trinajstić information content (AvgIpc) is 2.63. The molecule has 0 aliphatic rings. The van der Waals surface area contributed by atoms with Gasteiger partial charge in [0.15, 0.2) is 0 Å². The van der Waals surface area contributed by atoms with E-state index in [0.717, 1.165) is 17.5 Å². The molecule has 23 heavy (non-hydrogen) atoms. The van der Waals surface area contributed by atoms with Crippen LogP contribution >= 0.6 is 0 Å². The number of aliphatic hydroxyl groups excluding tert-OH is 4. The standard InChI is InChI=1S/C10H14O2.C9H12O2/c11-7-10(8-12)6-9-4-2-1-3-5-9;10-6-9(7-11)8-4-2-1-3-5-8/h1-5,10-12H,6-8H2;1-5,9-11H,6-7H2. The van der Waals surface area contributed by atoms with Gasteiger partial charge in [0.05, 0.1) is 13.2 Å². The molecule has 0 radical (unpaired) electrons. The molecule has 4 nitrogen and oxygen atoms in total. The van der Waals surface area contributed by atoms with E-state index >= 15 is 0 Å². The monoisotopic (exact) mass is 318 g/mol. The molecule has 0 bridgehead atoms. The predicted octanol–water partition coefficient (Wildman–Crippen LogP) is 1.58. The van der Waals surface area contributed by atoms with Crippen LogP contribution in [-0.4, -0.2) is 46.9 Å². The van der Waals surface area contributed by atoms with E-state index < -0.39 is 0 Å². The molecule has 126 valence electrons. The molecule has 4 heteroatoms. The maximum Gasteiger partial charge on any atom is 0.0521 e. The third-order valence-corrected chi connectivity index (χ3v) is 3.60. The number of aliphatic hydroxyl groups is 4. The Morgan fingerprint density at radius 3 is 1.52 bits per heavy atom. The van der Waals surface area contributed by atoms with E-state index in [1.165, 1.54) is 0 Å². The van der Waals surface area contributed by atoms with Gasteiger partial charge in [-0.25, -0.2) is 0 Å². The first-order chi connectivity index (χ1) is 11.2. The normalized spacial score (nSPS) is 10.5. The molecule has 2 aromatic carbocycles. The molecular weight excluding hydrogens is 292 g/mol. The smallest absolute Gasteiger partial charge is 0.0521 e. The van der Waals surface area contributed by atoms with Crippen LogP contribution in [0.3, 0.4) is 0 Å². The topological polar surface area (TPSA) is 80.9 Å². The van der Waals surface area contributed by atoms with Crippen LogP contribution < -0.4 is 0 Å². The summed E-state index contributed by atoms with van der Waals surface area (Å²) in [6.07, 6.45) is 0.744. The van der Waals surface area contributed by atoms with Gasteiger partial charge < -0.3 is 20.4 Å². The molecular formula is C19H26O4. The lowest BCUT2D eigenvalue weighted by atomic mass is 10.0. The highest BCUT2D eigenvalue weighted by Crippen LogP contribution is 2.12. The molecule has 4 N–H and O–H groups in total. The first-order valence-corrected chi connectivity index (χ1v) is 7.77. The Hall–Kier alpha value is -1.72. The minimum absolute atomic E-state index is 0.000509. The van der Waals surface area contributed by atoms with Gasteiger partial charge in [-0.2, -0.15) is 0 Å². The van der Waals surface area contributed by atoms with E-state index in [1.54, 1.807) is 0 Å². The maximum atomic E-state index is 8.83. The zero-order valence-electron chi connectivity index (χ0n) is 13.3. The molecule has 0 saturated carbocycles. The summed E-state index contributed by atoms with van der Waals surface area (Å²) >= 11 is 0. The van der Waals surface area contributed by atoms with E-state index in [0.29, 0.717) is 0 Å². The summed E-state index contributed by atoms with van der Waals surface area (Å²) in [4.78, 5) is 0. The third-order valence-electron chi connectivity index (χ3n) is 3.60. The van der Waals surface area contributed by atoms with Gasteiger partial charge in [-0.3, -0.25) is 0 Å². The summed E-state index contributed by atoms with van der Waals surface area (Å²) in [5.74, 6) is -0.149. The highest BCUT2D eigenvalue weighted by Gasteiger charge is 2.07.